The Bertz CT molecular complexity index is 905. The molecule has 1 aliphatic rings. The van der Waals surface area contributed by atoms with Gasteiger partial charge in [0.2, 0.25) is 17.6 Å². The Morgan fingerprint density at radius 3 is 2.92 bits per heavy atom. The summed E-state index contributed by atoms with van der Waals surface area (Å²) in [5.41, 5.74) is 2.48. The van der Waals surface area contributed by atoms with Crippen molar-refractivity contribution in [3.8, 4) is 11.4 Å². The van der Waals surface area contributed by atoms with Crippen molar-refractivity contribution < 1.29 is 9.32 Å². The van der Waals surface area contributed by atoms with E-state index in [1.54, 1.807) is 6.33 Å². The number of amides is 1. The summed E-state index contributed by atoms with van der Waals surface area (Å²) in [6.07, 6.45) is 2.07. The molecule has 124 valence electrons. The monoisotopic (exact) mass is 325 g/mol. The number of aromatic nitrogens is 4. The number of carbonyl (C=O) groups is 1. The predicted molar refractivity (Wildman–Crippen MR) is 88.2 cm³/mol. The van der Waals surface area contributed by atoms with Crippen molar-refractivity contribution in [3.05, 3.63) is 30.4 Å². The number of likely N-dealkylation sites (tertiary alicyclic amines) is 1. The minimum atomic E-state index is -0.194. The Kier molecular flexibility index (Phi) is 3.19. The topological polar surface area (TPSA) is 87.9 Å². The average molecular weight is 325 g/mol. The number of nitrogens with one attached hydrogen (secondary N) is 1. The van der Waals surface area contributed by atoms with Gasteiger partial charge in [0.05, 0.1) is 23.3 Å². The molecule has 0 radical (unpaired) electrons. The molecule has 7 heteroatoms. The minimum absolute atomic E-state index is 0.0474. The molecule has 24 heavy (non-hydrogen) atoms. The molecular weight excluding hydrogens is 306 g/mol. The summed E-state index contributed by atoms with van der Waals surface area (Å²) in [6, 6.07) is 5.77. The van der Waals surface area contributed by atoms with Crippen molar-refractivity contribution in [2.45, 2.75) is 38.6 Å². The summed E-state index contributed by atoms with van der Waals surface area (Å²) in [4.78, 5) is 25.9. The molecular formula is C17H19N5O2. The van der Waals surface area contributed by atoms with Crippen molar-refractivity contribution in [1.29, 1.82) is 0 Å². The maximum atomic E-state index is 12.2. The highest BCUT2D eigenvalue weighted by molar-refractivity contribution is 5.81. The first kappa shape index (κ1) is 14.9. The van der Waals surface area contributed by atoms with Gasteiger partial charge in [0, 0.05) is 24.1 Å². The zero-order chi connectivity index (χ0) is 16.9. The average Bonchev–Trinajstić information content (AvgIpc) is 3.24. The van der Waals surface area contributed by atoms with Gasteiger partial charge in [0.15, 0.2) is 0 Å². The first-order chi connectivity index (χ1) is 11.4. The van der Waals surface area contributed by atoms with Crippen LogP contribution >= 0.6 is 0 Å². The van der Waals surface area contributed by atoms with Crippen LogP contribution in [-0.2, 0) is 4.79 Å². The molecule has 0 saturated carbocycles. The number of rotatable bonds is 2. The molecule has 1 atom stereocenters. The van der Waals surface area contributed by atoms with Crippen LogP contribution in [0.1, 0.15) is 39.0 Å². The van der Waals surface area contributed by atoms with Crippen LogP contribution in [0.4, 0.5) is 0 Å². The van der Waals surface area contributed by atoms with E-state index in [9.17, 15) is 4.79 Å². The minimum Gasteiger partial charge on any atom is -0.345 e. The second-order valence-corrected chi connectivity index (χ2v) is 7.17. The van der Waals surface area contributed by atoms with Gasteiger partial charge in [0.1, 0.15) is 0 Å². The number of hydrogen-bond donors (Lipinski definition) is 1. The third-order valence-electron chi connectivity index (χ3n) is 4.40. The lowest BCUT2D eigenvalue weighted by molar-refractivity contribution is -0.131. The van der Waals surface area contributed by atoms with Crippen LogP contribution in [0.15, 0.2) is 29.0 Å². The van der Waals surface area contributed by atoms with E-state index >= 15 is 0 Å². The standard InChI is InChI=1S/C17H19N5O2/c1-17(2,3)22-8-11(7-14(22)23)16-20-15(21-24-16)10-4-5-12-13(6-10)19-9-18-12/h4-6,9,11H,7-8H2,1-3H3,(H,18,19). The smallest absolute Gasteiger partial charge is 0.232 e. The number of imidazole rings is 1. The molecule has 1 saturated heterocycles. The van der Waals surface area contributed by atoms with Gasteiger partial charge in [-0.3, -0.25) is 4.79 Å². The normalized spacial score (nSPS) is 18.7. The van der Waals surface area contributed by atoms with E-state index in [2.05, 4.69) is 20.1 Å². The van der Waals surface area contributed by atoms with Crippen molar-refractivity contribution >= 4 is 16.9 Å². The number of fused-ring (bicyclic) bond motifs is 1. The van der Waals surface area contributed by atoms with Gasteiger partial charge in [-0.1, -0.05) is 5.16 Å². The molecule has 0 bridgehead atoms. The van der Waals surface area contributed by atoms with Crippen LogP contribution in [0.5, 0.6) is 0 Å². The summed E-state index contributed by atoms with van der Waals surface area (Å²) in [6.45, 7) is 6.72. The largest absolute Gasteiger partial charge is 0.345 e. The van der Waals surface area contributed by atoms with Crippen molar-refractivity contribution in [2.24, 2.45) is 0 Å². The van der Waals surface area contributed by atoms with Crippen molar-refractivity contribution in [1.82, 2.24) is 25.0 Å². The summed E-state index contributed by atoms with van der Waals surface area (Å²) in [5, 5.41) is 4.08. The summed E-state index contributed by atoms with van der Waals surface area (Å²) < 4.78 is 5.44. The maximum absolute atomic E-state index is 12.2. The lowest BCUT2D eigenvalue weighted by Gasteiger charge is -2.31. The van der Waals surface area contributed by atoms with Gasteiger partial charge < -0.3 is 14.4 Å². The molecule has 1 N–H and O–H groups in total. The summed E-state index contributed by atoms with van der Waals surface area (Å²) in [5.74, 6) is 1.14. The van der Waals surface area contributed by atoms with Crippen molar-refractivity contribution in [3.63, 3.8) is 0 Å². The second-order valence-electron chi connectivity index (χ2n) is 7.17. The molecule has 3 aromatic rings. The first-order valence-corrected chi connectivity index (χ1v) is 7.99. The molecule has 0 spiro atoms. The highest BCUT2D eigenvalue weighted by Gasteiger charge is 2.39. The third kappa shape index (κ3) is 2.46. The highest BCUT2D eigenvalue weighted by atomic mass is 16.5. The lowest BCUT2D eigenvalue weighted by Crippen LogP contribution is -2.42. The molecule has 1 aromatic carbocycles. The maximum Gasteiger partial charge on any atom is 0.232 e. The van der Waals surface area contributed by atoms with Crippen LogP contribution in [-0.4, -0.2) is 43.0 Å². The van der Waals surface area contributed by atoms with Gasteiger partial charge in [-0.2, -0.15) is 4.98 Å². The van der Waals surface area contributed by atoms with E-state index in [1.165, 1.54) is 0 Å². The molecule has 0 aliphatic carbocycles. The second kappa shape index (κ2) is 5.15. The Labute approximate surface area is 139 Å². The van der Waals surface area contributed by atoms with Crippen LogP contribution in [0, 0.1) is 0 Å². The molecule has 7 nitrogen and oxygen atoms in total. The Morgan fingerprint density at radius 1 is 1.33 bits per heavy atom. The zero-order valence-corrected chi connectivity index (χ0v) is 13.9. The molecule has 4 rings (SSSR count). The predicted octanol–water partition coefficient (Wildman–Crippen LogP) is 2.73. The van der Waals surface area contributed by atoms with Crippen molar-refractivity contribution in [2.75, 3.05) is 6.54 Å². The Balaban J connectivity index is 1.60. The van der Waals surface area contributed by atoms with Gasteiger partial charge in [-0.05, 0) is 39.0 Å². The van der Waals surface area contributed by atoms with Gasteiger partial charge >= 0.3 is 0 Å². The van der Waals surface area contributed by atoms with Crippen LogP contribution in [0.2, 0.25) is 0 Å². The molecule has 1 amide bonds. The molecule has 1 fully saturated rings. The fraction of sp³-hybridized carbons (Fsp3) is 0.412. The fourth-order valence-corrected chi connectivity index (χ4v) is 3.11. The fourth-order valence-electron chi connectivity index (χ4n) is 3.11. The van der Waals surface area contributed by atoms with E-state index in [-0.39, 0.29) is 17.4 Å². The lowest BCUT2D eigenvalue weighted by atomic mass is 10.1. The Hall–Kier alpha value is -2.70. The SMILES string of the molecule is CC(C)(C)N1CC(c2nc(-c3ccc4nc[nH]c4c3)no2)CC1=O. The number of H-pyrrole nitrogens is 1. The zero-order valence-electron chi connectivity index (χ0n) is 13.9. The van der Waals surface area contributed by atoms with Crippen LogP contribution in [0.3, 0.4) is 0 Å². The number of aromatic amines is 1. The first-order valence-electron chi connectivity index (χ1n) is 7.99. The van der Waals surface area contributed by atoms with E-state index < -0.39 is 0 Å². The highest BCUT2D eigenvalue weighted by Crippen LogP contribution is 2.32. The Morgan fingerprint density at radius 2 is 2.17 bits per heavy atom. The van der Waals surface area contributed by atoms with E-state index in [4.69, 9.17) is 4.52 Å². The van der Waals surface area contributed by atoms with Gasteiger partial charge in [-0.25, -0.2) is 4.98 Å². The van der Waals surface area contributed by atoms with Gasteiger partial charge in [0.25, 0.3) is 0 Å². The number of carbonyl (C=O) groups excluding carboxylic acids is 1. The number of hydrogen-bond acceptors (Lipinski definition) is 5. The molecule has 1 aliphatic heterocycles. The third-order valence-corrected chi connectivity index (χ3v) is 4.40. The van der Waals surface area contributed by atoms with Crippen LogP contribution < -0.4 is 0 Å². The van der Waals surface area contributed by atoms with E-state index in [1.807, 2.05) is 43.9 Å². The van der Waals surface area contributed by atoms with Crippen LogP contribution in [0.25, 0.3) is 22.4 Å². The quantitative estimate of drug-likeness (QED) is 0.782. The molecule has 2 aromatic heterocycles. The summed E-state index contributed by atoms with van der Waals surface area (Å²) >= 11 is 0. The number of benzene rings is 1. The van der Waals surface area contributed by atoms with E-state index in [0.29, 0.717) is 24.7 Å². The molecule has 3 heterocycles. The summed E-state index contributed by atoms with van der Waals surface area (Å²) in [7, 11) is 0. The van der Waals surface area contributed by atoms with Gasteiger partial charge in [-0.15, -0.1) is 0 Å². The van der Waals surface area contributed by atoms with E-state index in [0.717, 1.165) is 16.6 Å². The molecule has 1 unspecified atom stereocenters. The number of nitrogens with zero attached hydrogens (tertiary/aromatic N) is 4.